The average molecular weight is 768 g/mol. The van der Waals surface area contributed by atoms with Crippen molar-refractivity contribution in [3.05, 3.63) is 115 Å². The number of aliphatic hydroxyl groups excluding tert-OH is 1. The number of hydrogen-bond donors (Lipinski definition) is 3. The third-order valence-corrected chi connectivity index (χ3v) is 16.5. The van der Waals surface area contributed by atoms with Crippen molar-refractivity contribution in [2.24, 2.45) is 0 Å². The maximum Gasteiger partial charge on any atom is 0.319 e. The highest BCUT2D eigenvalue weighted by molar-refractivity contribution is 8.00. The topological polar surface area (TPSA) is 83.1 Å². The number of likely N-dealkylation sites (tertiary alicyclic amines) is 1. The first-order valence-electron chi connectivity index (χ1n) is 19.9. The molecule has 54 heavy (non-hydrogen) atoms. The van der Waals surface area contributed by atoms with Gasteiger partial charge in [-0.05, 0) is 89.6 Å². The van der Waals surface area contributed by atoms with E-state index in [1.54, 1.807) is 0 Å². The predicted octanol–water partition coefficient (Wildman–Crippen LogP) is 8.04. The van der Waals surface area contributed by atoms with Gasteiger partial charge >= 0.3 is 14.3 Å². The molecule has 2 amide bonds. The number of rotatable bonds is 19. The summed E-state index contributed by atoms with van der Waals surface area (Å²) in [5, 5.41) is 20.0. The van der Waals surface area contributed by atoms with Crippen LogP contribution in [0.15, 0.2) is 114 Å². The lowest BCUT2D eigenvalue weighted by atomic mass is 10.1. The number of piperidine rings is 1. The van der Waals surface area contributed by atoms with Gasteiger partial charge in [0.15, 0.2) is 0 Å². The van der Waals surface area contributed by atoms with E-state index in [0.717, 1.165) is 57.6 Å². The third-order valence-electron chi connectivity index (χ3n) is 10.2. The van der Waals surface area contributed by atoms with Gasteiger partial charge in [-0.15, -0.1) is 11.8 Å². The Labute approximate surface area is 329 Å². The van der Waals surface area contributed by atoms with Crippen LogP contribution in [-0.2, 0) is 6.42 Å². The van der Waals surface area contributed by atoms with E-state index in [1.807, 2.05) is 40.9 Å². The first kappa shape index (κ1) is 41.4. The van der Waals surface area contributed by atoms with Crippen molar-refractivity contribution in [3.63, 3.8) is 0 Å². The zero-order valence-corrected chi connectivity index (χ0v) is 34.6. The van der Waals surface area contributed by atoms with Crippen molar-refractivity contribution in [2.75, 3.05) is 39.3 Å². The summed E-state index contributed by atoms with van der Waals surface area (Å²) >= 11 is 1.93. The van der Waals surface area contributed by atoms with Crippen molar-refractivity contribution in [2.45, 2.75) is 93.9 Å². The molecule has 4 aromatic rings. The summed E-state index contributed by atoms with van der Waals surface area (Å²) in [6.07, 6.45) is 7.00. The Hall–Kier alpha value is -3.76. The van der Waals surface area contributed by atoms with Gasteiger partial charge in [-0.3, -0.25) is 0 Å². The summed E-state index contributed by atoms with van der Waals surface area (Å²) in [6, 6.07) is 38.0. The number of nitrogens with zero attached hydrogens (tertiary/aromatic N) is 1. The van der Waals surface area contributed by atoms with Gasteiger partial charge in [-0.2, -0.15) is 0 Å². The molecule has 1 heterocycles. The van der Waals surface area contributed by atoms with E-state index >= 15 is 0 Å². The highest BCUT2D eigenvalue weighted by Gasteiger charge is 2.52. The molecule has 0 aliphatic carbocycles. The molecule has 3 N–H and O–H groups in total. The monoisotopic (exact) mass is 767 g/mol. The van der Waals surface area contributed by atoms with E-state index in [4.69, 9.17) is 9.16 Å². The molecular formula is C45H61N3O4SSi. The van der Waals surface area contributed by atoms with Crippen molar-refractivity contribution >= 4 is 36.5 Å². The fourth-order valence-corrected chi connectivity index (χ4v) is 12.7. The van der Waals surface area contributed by atoms with Gasteiger partial charge in [0.05, 0.1) is 0 Å². The van der Waals surface area contributed by atoms with E-state index in [2.05, 4.69) is 123 Å². The lowest BCUT2D eigenvalue weighted by Crippen LogP contribution is -2.68. The number of carbonyl (C=O) groups is 1. The maximum absolute atomic E-state index is 12.5. The van der Waals surface area contributed by atoms with Crippen LogP contribution >= 0.6 is 11.8 Å². The number of nitrogens with one attached hydrogen (secondary N) is 2. The molecule has 1 aliphatic rings. The summed E-state index contributed by atoms with van der Waals surface area (Å²) < 4.78 is 13.1. The molecule has 0 radical (unpaired) electrons. The number of unbranched alkanes of at least 4 members (excludes halogenated alkanes) is 3. The minimum absolute atomic E-state index is 0.0940. The molecule has 0 aromatic heterocycles. The second-order valence-electron chi connectivity index (χ2n) is 15.4. The minimum atomic E-state index is -2.71. The lowest BCUT2D eigenvalue weighted by Gasteiger charge is -2.43. The van der Waals surface area contributed by atoms with Crippen molar-refractivity contribution < 1.29 is 19.1 Å². The quantitative estimate of drug-likeness (QED) is 0.0663. The van der Waals surface area contributed by atoms with E-state index in [-0.39, 0.29) is 17.7 Å². The lowest BCUT2D eigenvalue weighted by molar-refractivity contribution is 0.106. The van der Waals surface area contributed by atoms with Crippen molar-refractivity contribution in [1.82, 2.24) is 15.5 Å². The Morgan fingerprint density at radius 1 is 0.833 bits per heavy atom. The van der Waals surface area contributed by atoms with Crippen molar-refractivity contribution in [1.29, 1.82) is 0 Å². The Morgan fingerprint density at radius 3 is 2.04 bits per heavy atom. The normalized spacial score (nSPS) is 14.4. The van der Waals surface area contributed by atoms with E-state index in [1.165, 1.54) is 40.1 Å². The minimum Gasteiger partial charge on any atom is -0.534 e. The van der Waals surface area contributed by atoms with Gasteiger partial charge < -0.3 is 29.8 Å². The molecule has 1 aliphatic heterocycles. The van der Waals surface area contributed by atoms with Crippen LogP contribution in [0.4, 0.5) is 4.79 Å². The summed E-state index contributed by atoms with van der Waals surface area (Å²) in [4.78, 5) is 15.7. The number of ether oxygens (including phenoxy) is 1. The van der Waals surface area contributed by atoms with E-state index < -0.39 is 14.4 Å². The number of urea groups is 1. The Kier molecular flexibility index (Phi) is 15.9. The molecule has 4 aromatic carbocycles. The van der Waals surface area contributed by atoms with Gasteiger partial charge in [-0.25, -0.2) is 4.79 Å². The number of benzene rings is 4. The van der Waals surface area contributed by atoms with Gasteiger partial charge in [0.1, 0.15) is 24.2 Å². The molecular weight excluding hydrogens is 707 g/mol. The Bertz CT molecular complexity index is 1620. The molecule has 9 heteroatoms. The fourth-order valence-electron chi connectivity index (χ4n) is 7.15. The van der Waals surface area contributed by atoms with Crippen LogP contribution in [0.5, 0.6) is 11.5 Å². The first-order valence-corrected chi connectivity index (χ1v) is 22.7. The number of thioether (sulfide) groups is 1. The summed E-state index contributed by atoms with van der Waals surface area (Å²) in [6.45, 7) is 12.9. The Balaban J connectivity index is 1.01. The average Bonchev–Trinajstić information content (AvgIpc) is 3.19. The van der Waals surface area contributed by atoms with Crippen LogP contribution in [0.3, 0.4) is 0 Å². The predicted molar refractivity (Wildman–Crippen MR) is 227 cm³/mol. The standard InChI is InChI=1S/C45H61N3O4SSi/c1-5-6-7-14-30-47-44(50)48-32-28-41(29-33-48)53-40-25-19-36(20-26-40)27-31-46-34-37(49)35-51-38-21-23-39(24-22-38)52-54(45(2,3)4,42-15-10-8-11-16-42)43-17-12-9-13-18-43/h8-13,15-26,37,41,46,49H,5-7,14,27-35H2,1-4H3,(H,47,50)/t37-/m0/s1. The molecule has 0 saturated carbocycles. The highest BCUT2D eigenvalue weighted by Crippen LogP contribution is 2.38. The zero-order valence-electron chi connectivity index (χ0n) is 32.8. The number of hydrogen-bond acceptors (Lipinski definition) is 6. The second kappa shape index (κ2) is 20.8. The molecule has 5 rings (SSSR count). The molecule has 0 unspecified atom stereocenters. The Morgan fingerprint density at radius 2 is 1.44 bits per heavy atom. The summed E-state index contributed by atoms with van der Waals surface area (Å²) in [5.74, 6) is 1.51. The van der Waals surface area contributed by atoms with Gasteiger partial charge in [0.2, 0.25) is 0 Å². The fraction of sp³-hybridized carbons (Fsp3) is 0.444. The first-order chi connectivity index (χ1) is 26.2. The van der Waals surface area contributed by atoms with Crippen LogP contribution < -0.4 is 30.2 Å². The maximum atomic E-state index is 12.5. The van der Waals surface area contributed by atoms with E-state index in [9.17, 15) is 9.90 Å². The SMILES string of the molecule is CCCCCCNC(=O)N1CCC(Sc2ccc(CCNC[C@H](O)COc3ccc(O[Si](c4ccccc4)(c4ccccc4)C(C)(C)C)cc3)cc2)CC1. The smallest absolute Gasteiger partial charge is 0.319 e. The highest BCUT2D eigenvalue weighted by atomic mass is 32.2. The molecule has 290 valence electrons. The van der Waals surface area contributed by atoms with Gasteiger partial charge in [0, 0.05) is 36.3 Å². The molecule has 1 atom stereocenters. The zero-order chi connectivity index (χ0) is 38.2. The second-order valence-corrected chi connectivity index (χ2v) is 21.0. The summed E-state index contributed by atoms with van der Waals surface area (Å²) in [7, 11) is -2.71. The van der Waals surface area contributed by atoms with Crippen molar-refractivity contribution in [3.8, 4) is 11.5 Å². The number of amides is 2. The van der Waals surface area contributed by atoms with Crippen LogP contribution in [0, 0.1) is 0 Å². The molecule has 1 fully saturated rings. The number of carbonyl (C=O) groups excluding carboxylic acids is 1. The van der Waals surface area contributed by atoms with Gasteiger partial charge in [-0.1, -0.05) is 120 Å². The summed E-state index contributed by atoms with van der Waals surface area (Å²) in [5.41, 5.74) is 1.27. The van der Waals surface area contributed by atoms with Gasteiger partial charge in [0.25, 0.3) is 0 Å². The molecule has 0 bridgehead atoms. The molecule has 0 spiro atoms. The largest absolute Gasteiger partial charge is 0.534 e. The molecule has 1 saturated heterocycles. The molecule has 7 nitrogen and oxygen atoms in total. The van der Waals surface area contributed by atoms with E-state index in [0.29, 0.717) is 17.5 Å². The van der Waals surface area contributed by atoms with Crippen LogP contribution in [0.1, 0.15) is 71.8 Å². The van der Waals surface area contributed by atoms with Crippen LogP contribution in [-0.4, -0.2) is 75.0 Å². The van der Waals surface area contributed by atoms with Crippen LogP contribution in [0.2, 0.25) is 5.04 Å². The number of aliphatic hydroxyl groups is 1. The third kappa shape index (κ3) is 11.9. The van der Waals surface area contributed by atoms with Crippen LogP contribution in [0.25, 0.3) is 0 Å².